The second-order valence-corrected chi connectivity index (χ2v) is 7.17. The lowest BCUT2D eigenvalue weighted by molar-refractivity contribution is -0.118. The molecule has 2 heterocycles. The number of pyridine rings is 1. The molecule has 5 nitrogen and oxygen atoms in total. The predicted octanol–water partition coefficient (Wildman–Crippen LogP) is 3.97. The Morgan fingerprint density at radius 2 is 2.07 bits per heavy atom. The molecule has 144 valence electrons. The topological polar surface area (TPSA) is 57.3 Å². The van der Waals surface area contributed by atoms with Crippen LogP contribution in [0.4, 0.5) is 11.4 Å². The van der Waals surface area contributed by atoms with E-state index in [-0.39, 0.29) is 11.9 Å². The minimum absolute atomic E-state index is 0.0333. The standard InChI is InChI=1S/C22H30N4O/c1-2-3-11-21(24-17-18-8-7-12-23-16-18)22(27)25-19-9-6-10-20(15-19)26-13-4-5-14-26/h6-10,12,15-16,21,24H,2-5,11,13-14,17H2,1H3,(H,25,27). The number of anilines is 2. The number of hydrogen-bond acceptors (Lipinski definition) is 4. The highest BCUT2D eigenvalue weighted by Gasteiger charge is 2.18. The Morgan fingerprint density at radius 1 is 1.22 bits per heavy atom. The first-order valence-corrected chi connectivity index (χ1v) is 10.0. The average molecular weight is 367 g/mol. The molecule has 2 N–H and O–H groups in total. The molecule has 5 heteroatoms. The zero-order valence-electron chi connectivity index (χ0n) is 16.2. The Balaban J connectivity index is 1.62. The predicted molar refractivity (Wildman–Crippen MR) is 111 cm³/mol. The van der Waals surface area contributed by atoms with Crippen LogP contribution in [0.15, 0.2) is 48.8 Å². The first-order chi connectivity index (χ1) is 13.3. The molecule has 1 aromatic carbocycles. The fourth-order valence-electron chi connectivity index (χ4n) is 3.46. The van der Waals surface area contributed by atoms with E-state index in [1.807, 2.05) is 30.5 Å². The normalized spacial score (nSPS) is 14.9. The van der Waals surface area contributed by atoms with Crippen LogP contribution in [-0.4, -0.2) is 30.0 Å². The van der Waals surface area contributed by atoms with Gasteiger partial charge >= 0.3 is 0 Å². The summed E-state index contributed by atoms with van der Waals surface area (Å²) in [6.07, 6.45) is 9.00. The van der Waals surface area contributed by atoms with Crippen LogP contribution >= 0.6 is 0 Å². The fourth-order valence-corrected chi connectivity index (χ4v) is 3.46. The van der Waals surface area contributed by atoms with E-state index in [1.165, 1.54) is 18.5 Å². The zero-order chi connectivity index (χ0) is 18.9. The molecule has 0 spiro atoms. The molecular formula is C22H30N4O. The summed E-state index contributed by atoms with van der Waals surface area (Å²) in [6.45, 7) is 4.99. The van der Waals surface area contributed by atoms with Gasteiger partial charge in [0.15, 0.2) is 0 Å². The van der Waals surface area contributed by atoms with E-state index in [4.69, 9.17) is 0 Å². The van der Waals surface area contributed by atoms with Gasteiger partial charge < -0.3 is 15.5 Å². The van der Waals surface area contributed by atoms with Crippen molar-refractivity contribution in [3.05, 3.63) is 54.4 Å². The number of amides is 1. The molecule has 0 radical (unpaired) electrons. The second kappa shape index (κ2) is 10.1. The minimum Gasteiger partial charge on any atom is -0.371 e. The summed E-state index contributed by atoms with van der Waals surface area (Å²) in [5.41, 5.74) is 3.15. The minimum atomic E-state index is -0.208. The lowest BCUT2D eigenvalue weighted by Crippen LogP contribution is -2.40. The summed E-state index contributed by atoms with van der Waals surface area (Å²) < 4.78 is 0. The summed E-state index contributed by atoms with van der Waals surface area (Å²) in [6, 6.07) is 11.9. The number of benzene rings is 1. The molecule has 1 aliphatic heterocycles. The Morgan fingerprint density at radius 3 is 2.81 bits per heavy atom. The third-order valence-electron chi connectivity index (χ3n) is 5.02. The van der Waals surface area contributed by atoms with Crippen molar-refractivity contribution in [1.29, 1.82) is 0 Å². The van der Waals surface area contributed by atoms with Gasteiger partial charge in [0.05, 0.1) is 6.04 Å². The highest BCUT2D eigenvalue weighted by molar-refractivity contribution is 5.95. The molecule has 27 heavy (non-hydrogen) atoms. The number of carbonyl (C=O) groups is 1. The number of rotatable bonds is 9. The van der Waals surface area contributed by atoms with Gasteiger partial charge in [-0.2, -0.15) is 0 Å². The molecule has 1 aromatic heterocycles. The summed E-state index contributed by atoms with van der Waals surface area (Å²) in [5, 5.41) is 6.51. The van der Waals surface area contributed by atoms with Crippen molar-refractivity contribution in [2.45, 2.75) is 51.6 Å². The molecule has 0 bridgehead atoms. The van der Waals surface area contributed by atoms with Crippen molar-refractivity contribution >= 4 is 17.3 Å². The summed E-state index contributed by atoms with van der Waals surface area (Å²) in [7, 11) is 0. The smallest absolute Gasteiger partial charge is 0.241 e. The van der Waals surface area contributed by atoms with Crippen LogP contribution in [0.25, 0.3) is 0 Å². The molecule has 1 atom stereocenters. The number of unbranched alkanes of at least 4 members (excludes halogenated alkanes) is 1. The van der Waals surface area contributed by atoms with Crippen LogP contribution in [0.5, 0.6) is 0 Å². The molecular weight excluding hydrogens is 336 g/mol. The maximum atomic E-state index is 12.9. The van der Waals surface area contributed by atoms with Gasteiger partial charge in [-0.3, -0.25) is 9.78 Å². The van der Waals surface area contributed by atoms with Crippen molar-refractivity contribution in [3.8, 4) is 0 Å². The van der Waals surface area contributed by atoms with Crippen molar-refractivity contribution in [3.63, 3.8) is 0 Å². The lowest BCUT2D eigenvalue weighted by atomic mass is 10.1. The van der Waals surface area contributed by atoms with Gasteiger partial charge in [-0.15, -0.1) is 0 Å². The third kappa shape index (κ3) is 5.79. The van der Waals surface area contributed by atoms with Gasteiger partial charge in [-0.25, -0.2) is 0 Å². The molecule has 1 aliphatic rings. The maximum Gasteiger partial charge on any atom is 0.241 e. The van der Waals surface area contributed by atoms with Gasteiger partial charge in [-0.05, 0) is 49.1 Å². The number of carbonyl (C=O) groups excluding carboxylic acids is 1. The van der Waals surface area contributed by atoms with Gasteiger partial charge in [0.2, 0.25) is 5.91 Å². The van der Waals surface area contributed by atoms with Crippen LogP contribution in [0.1, 0.15) is 44.6 Å². The average Bonchev–Trinajstić information content (AvgIpc) is 3.24. The summed E-state index contributed by atoms with van der Waals surface area (Å²) in [5.74, 6) is 0.0333. The van der Waals surface area contributed by atoms with Crippen LogP contribution < -0.4 is 15.5 Å². The van der Waals surface area contributed by atoms with Crippen molar-refractivity contribution in [2.24, 2.45) is 0 Å². The van der Waals surface area contributed by atoms with E-state index < -0.39 is 0 Å². The fraction of sp³-hybridized carbons (Fsp3) is 0.455. The van der Waals surface area contributed by atoms with Gasteiger partial charge in [0, 0.05) is 43.4 Å². The highest BCUT2D eigenvalue weighted by atomic mass is 16.2. The Labute approximate surface area is 162 Å². The van der Waals surface area contributed by atoms with E-state index in [0.717, 1.165) is 43.6 Å². The van der Waals surface area contributed by atoms with Gasteiger partial charge in [-0.1, -0.05) is 31.9 Å². The molecule has 1 fully saturated rings. The van der Waals surface area contributed by atoms with Gasteiger partial charge in [0.1, 0.15) is 0 Å². The molecule has 0 aliphatic carbocycles. The molecule has 3 rings (SSSR count). The summed E-state index contributed by atoms with van der Waals surface area (Å²) in [4.78, 5) is 19.4. The number of nitrogens with zero attached hydrogens (tertiary/aromatic N) is 2. The number of aromatic nitrogens is 1. The Bertz CT molecular complexity index is 713. The molecule has 0 saturated carbocycles. The van der Waals surface area contributed by atoms with Crippen LogP contribution in [0.2, 0.25) is 0 Å². The zero-order valence-corrected chi connectivity index (χ0v) is 16.2. The van der Waals surface area contributed by atoms with E-state index in [0.29, 0.717) is 6.54 Å². The molecule has 1 saturated heterocycles. The third-order valence-corrected chi connectivity index (χ3v) is 5.02. The van der Waals surface area contributed by atoms with Crippen molar-refractivity contribution in [1.82, 2.24) is 10.3 Å². The summed E-state index contributed by atoms with van der Waals surface area (Å²) >= 11 is 0. The van der Waals surface area contributed by atoms with Crippen LogP contribution in [0.3, 0.4) is 0 Å². The largest absolute Gasteiger partial charge is 0.371 e. The molecule has 1 amide bonds. The van der Waals surface area contributed by atoms with Crippen LogP contribution in [-0.2, 0) is 11.3 Å². The first kappa shape index (κ1) is 19.4. The van der Waals surface area contributed by atoms with E-state index in [1.54, 1.807) is 6.20 Å². The quantitative estimate of drug-likeness (QED) is 0.705. The van der Waals surface area contributed by atoms with E-state index >= 15 is 0 Å². The number of nitrogens with one attached hydrogen (secondary N) is 2. The molecule has 2 aromatic rings. The van der Waals surface area contributed by atoms with E-state index in [2.05, 4.69) is 39.6 Å². The number of hydrogen-bond donors (Lipinski definition) is 2. The lowest BCUT2D eigenvalue weighted by Gasteiger charge is -2.21. The van der Waals surface area contributed by atoms with Crippen molar-refractivity contribution in [2.75, 3.05) is 23.3 Å². The maximum absolute atomic E-state index is 12.9. The van der Waals surface area contributed by atoms with Gasteiger partial charge in [0.25, 0.3) is 0 Å². The Hall–Kier alpha value is -2.40. The first-order valence-electron chi connectivity index (χ1n) is 10.0. The second-order valence-electron chi connectivity index (χ2n) is 7.17. The SMILES string of the molecule is CCCCC(NCc1cccnc1)C(=O)Nc1cccc(N2CCCC2)c1. The van der Waals surface area contributed by atoms with Crippen molar-refractivity contribution < 1.29 is 4.79 Å². The van der Waals surface area contributed by atoms with E-state index in [9.17, 15) is 4.79 Å². The van der Waals surface area contributed by atoms with Crippen LogP contribution in [0, 0.1) is 0 Å². The Kier molecular flexibility index (Phi) is 7.22. The molecule has 1 unspecified atom stereocenters. The monoisotopic (exact) mass is 366 g/mol. The highest BCUT2D eigenvalue weighted by Crippen LogP contribution is 2.23.